The minimum atomic E-state index is -3.72. The van der Waals surface area contributed by atoms with Gasteiger partial charge < -0.3 is 15.1 Å². The SMILES string of the molecule is CS(=O)(=O)c1cc(NC(=O)c2ccco2)ccc1CNC(=O)C(CCc1ccccc1)CN(C=O)OCc1ccccc1. The predicted octanol–water partition coefficient (Wildman–Crippen LogP) is 4.39. The Balaban J connectivity index is 1.46. The first kappa shape index (κ1) is 31.2. The van der Waals surface area contributed by atoms with E-state index in [9.17, 15) is 22.8 Å². The molecule has 11 heteroatoms. The van der Waals surface area contributed by atoms with Crippen molar-refractivity contribution >= 4 is 33.7 Å². The van der Waals surface area contributed by atoms with E-state index in [1.807, 2.05) is 60.7 Å². The lowest BCUT2D eigenvalue weighted by atomic mass is 9.98. The molecule has 0 fully saturated rings. The summed E-state index contributed by atoms with van der Waals surface area (Å²) >= 11 is 0. The van der Waals surface area contributed by atoms with Gasteiger partial charge in [0, 0.05) is 18.5 Å². The van der Waals surface area contributed by atoms with Crippen LogP contribution in [0.1, 0.15) is 33.7 Å². The van der Waals surface area contributed by atoms with Crippen LogP contribution in [0.5, 0.6) is 0 Å². The molecule has 0 aliphatic heterocycles. The van der Waals surface area contributed by atoms with Gasteiger partial charge in [-0.3, -0.25) is 19.2 Å². The number of hydrogen-bond donors (Lipinski definition) is 2. The fourth-order valence-corrected chi connectivity index (χ4v) is 5.37. The molecule has 10 nitrogen and oxygen atoms in total. The van der Waals surface area contributed by atoms with Gasteiger partial charge in [0.25, 0.3) is 5.91 Å². The Morgan fingerprint density at radius 3 is 2.28 bits per heavy atom. The summed E-state index contributed by atoms with van der Waals surface area (Å²) in [6, 6.07) is 26.5. The van der Waals surface area contributed by atoms with Crippen LogP contribution in [-0.4, -0.2) is 44.5 Å². The molecule has 4 aromatic rings. The van der Waals surface area contributed by atoms with Gasteiger partial charge in [0.05, 0.1) is 23.6 Å². The summed E-state index contributed by atoms with van der Waals surface area (Å²) < 4.78 is 30.3. The number of carbonyl (C=O) groups is 3. The van der Waals surface area contributed by atoms with Gasteiger partial charge >= 0.3 is 0 Å². The van der Waals surface area contributed by atoms with Crippen LogP contribution in [0.3, 0.4) is 0 Å². The molecule has 3 amide bonds. The molecular formula is C32H33N3O7S. The normalized spacial score (nSPS) is 11.8. The second-order valence-corrected chi connectivity index (χ2v) is 11.9. The summed E-state index contributed by atoms with van der Waals surface area (Å²) in [4.78, 5) is 43.3. The Morgan fingerprint density at radius 1 is 0.953 bits per heavy atom. The van der Waals surface area contributed by atoms with Crippen LogP contribution in [0.2, 0.25) is 0 Å². The van der Waals surface area contributed by atoms with Crippen molar-refractivity contribution < 1.29 is 32.1 Å². The van der Waals surface area contributed by atoms with Gasteiger partial charge in [-0.25, -0.2) is 13.5 Å². The summed E-state index contributed by atoms with van der Waals surface area (Å²) in [5, 5.41) is 6.56. The number of rotatable bonds is 15. The van der Waals surface area contributed by atoms with Crippen LogP contribution in [0.15, 0.2) is 107 Å². The highest BCUT2D eigenvalue weighted by Gasteiger charge is 2.23. The van der Waals surface area contributed by atoms with Crippen molar-refractivity contribution in [3.63, 3.8) is 0 Å². The summed E-state index contributed by atoms with van der Waals surface area (Å²) in [5.74, 6) is -1.45. The van der Waals surface area contributed by atoms with Crippen LogP contribution in [0.25, 0.3) is 0 Å². The number of nitrogens with zero attached hydrogens (tertiary/aromatic N) is 1. The highest BCUT2D eigenvalue weighted by molar-refractivity contribution is 7.90. The number of carbonyl (C=O) groups excluding carboxylic acids is 3. The highest BCUT2D eigenvalue weighted by atomic mass is 32.2. The van der Waals surface area contributed by atoms with E-state index in [4.69, 9.17) is 9.25 Å². The lowest BCUT2D eigenvalue weighted by Crippen LogP contribution is -2.39. The van der Waals surface area contributed by atoms with E-state index < -0.39 is 21.7 Å². The van der Waals surface area contributed by atoms with Crippen molar-refractivity contribution in [1.29, 1.82) is 0 Å². The molecule has 1 heterocycles. The summed E-state index contributed by atoms with van der Waals surface area (Å²) in [6.45, 7) is 0.0836. The van der Waals surface area contributed by atoms with E-state index in [1.165, 1.54) is 24.5 Å². The number of sulfone groups is 1. The number of furan rings is 1. The smallest absolute Gasteiger partial charge is 0.291 e. The number of nitrogens with one attached hydrogen (secondary N) is 2. The van der Waals surface area contributed by atoms with Crippen molar-refractivity contribution in [2.75, 3.05) is 18.1 Å². The average Bonchev–Trinajstić information content (AvgIpc) is 3.56. The Morgan fingerprint density at radius 2 is 1.65 bits per heavy atom. The minimum absolute atomic E-state index is 0.00564. The number of amides is 3. The largest absolute Gasteiger partial charge is 0.459 e. The second-order valence-electron chi connectivity index (χ2n) is 9.93. The highest BCUT2D eigenvalue weighted by Crippen LogP contribution is 2.22. The fraction of sp³-hybridized carbons (Fsp3) is 0.219. The summed E-state index contributed by atoms with van der Waals surface area (Å²) in [7, 11) is -3.72. The Kier molecular flexibility index (Phi) is 10.8. The zero-order valence-corrected chi connectivity index (χ0v) is 24.5. The number of hydroxylamine groups is 2. The first-order valence-corrected chi connectivity index (χ1v) is 15.5. The zero-order valence-electron chi connectivity index (χ0n) is 23.6. The zero-order chi connectivity index (χ0) is 30.7. The standard InChI is InChI=1S/C32H33N3O7S/c1-43(39,40)30-19-28(34-32(38)29-13-8-18-41-29)17-16-26(30)20-33-31(37)27(15-14-24-9-4-2-5-10-24)21-35(23-36)42-22-25-11-6-3-7-12-25/h2-13,16-19,23,27H,14-15,20-22H2,1H3,(H,33,37)(H,34,38). The van der Waals surface area contributed by atoms with Gasteiger partial charge in [0.1, 0.15) is 6.61 Å². The van der Waals surface area contributed by atoms with E-state index in [2.05, 4.69) is 10.6 Å². The number of benzene rings is 3. The Hall–Kier alpha value is -4.74. The van der Waals surface area contributed by atoms with Crippen molar-refractivity contribution in [3.05, 3.63) is 120 Å². The monoisotopic (exact) mass is 603 g/mol. The molecule has 3 aromatic carbocycles. The lowest BCUT2D eigenvalue weighted by molar-refractivity contribution is -0.182. The molecule has 0 aliphatic rings. The third kappa shape index (κ3) is 9.38. The molecule has 1 atom stereocenters. The van der Waals surface area contributed by atoms with Crippen LogP contribution >= 0.6 is 0 Å². The quantitative estimate of drug-likeness (QED) is 0.152. The first-order chi connectivity index (χ1) is 20.7. The Labute approximate surface area is 250 Å². The summed E-state index contributed by atoms with van der Waals surface area (Å²) in [6.07, 6.45) is 3.97. The molecule has 0 aliphatic carbocycles. The lowest BCUT2D eigenvalue weighted by Gasteiger charge is -2.23. The Bertz CT molecular complexity index is 1610. The molecule has 224 valence electrons. The van der Waals surface area contributed by atoms with Crippen LogP contribution in [-0.2, 0) is 43.8 Å². The number of aryl methyl sites for hydroxylation is 1. The third-order valence-corrected chi connectivity index (χ3v) is 7.85. The van der Waals surface area contributed by atoms with Crippen LogP contribution < -0.4 is 10.6 Å². The van der Waals surface area contributed by atoms with Crippen molar-refractivity contribution in [3.8, 4) is 0 Å². The minimum Gasteiger partial charge on any atom is -0.459 e. The van der Waals surface area contributed by atoms with Crippen molar-refractivity contribution in [2.45, 2.75) is 30.9 Å². The molecule has 1 aromatic heterocycles. The first-order valence-electron chi connectivity index (χ1n) is 13.6. The molecule has 2 N–H and O–H groups in total. The van der Waals surface area contributed by atoms with E-state index in [0.717, 1.165) is 22.4 Å². The third-order valence-electron chi connectivity index (χ3n) is 6.68. The molecule has 0 radical (unpaired) electrons. The average molecular weight is 604 g/mol. The molecule has 0 saturated carbocycles. The maximum atomic E-state index is 13.4. The van der Waals surface area contributed by atoms with E-state index in [1.54, 1.807) is 12.1 Å². The van der Waals surface area contributed by atoms with Gasteiger partial charge in [-0.2, -0.15) is 0 Å². The van der Waals surface area contributed by atoms with Gasteiger partial charge in [0.15, 0.2) is 15.6 Å². The predicted molar refractivity (Wildman–Crippen MR) is 160 cm³/mol. The van der Waals surface area contributed by atoms with Gasteiger partial charge in [-0.1, -0.05) is 66.7 Å². The second kappa shape index (κ2) is 14.9. The number of hydrogen-bond acceptors (Lipinski definition) is 7. The molecule has 1 unspecified atom stereocenters. The maximum Gasteiger partial charge on any atom is 0.291 e. The molecular weight excluding hydrogens is 570 g/mol. The molecule has 0 saturated heterocycles. The number of anilines is 1. The summed E-state index contributed by atoms with van der Waals surface area (Å²) in [5.41, 5.74) is 2.52. The fourth-order valence-electron chi connectivity index (χ4n) is 4.42. The van der Waals surface area contributed by atoms with E-state index >= 15 is 0 Å². The van der Waals surface area contributed by atoms with Gasteiger partial charge in [-0.05, 0) is 53.8 Å². The van der Waals surface area contributed by atoms with Gasteiger partial charge in [0.2, 0.25) is 12.3 Å². The van der Waals surface area contributed by atoms with Crippen LogP contribution in [0, 0.1) is 5.92 Å². The molecule has 4 rings (SSSR count). The maximum absolute atomic E-state index is 13.4. The molecule has 0 spiro atoms. The van der Waals surface area contributed by atoms with E-state index in [0.29, 0.717) is 24.8 Å². The van der Waals surface area contributed by atoms with Crippen molar-refractivity contribution in [2.24, 2.45) is 5.92 Å². The van der Waals surface area contributed by atoms with Crippen LogP contribution in [0.4, 0.5) is 5.69 Å². The topological polar surface area (TPSA) is 135 Å². The van der Waals surface area contributed by atoms with E-state index in [-0.39, 0.29) is 41.9 Å². The molecule has 0 bridgehead atoms. The molecule has 43 heavy (non-hydrogen) atoms. The van der Waals surface area contributed by atoms with Gasteiger partial charge in [-0.15, -0.1) is 0 Å². The van der Waals surface area contributed by atoms with Crippen molar-refractivity contribution in [1.82, 2.24) is 10.4 Å².